The molecule has 0 unspecified atom stereocenters. The zero-order valence-electron chi connectivity index (χ0n) is 11.4. The second-order valence-electron chi connectivity index (χ2n) is 4.47. The number of anilines is 1. The first kappa shape index (κ1) is 14.8. The molecule has 0 aromatic heterocycles. The molecule has 5 nitrogen and oxygen atoms in total. The number of hydrogen-bond donors (Lipinski definition) is 0. The first-order valence-electron chi connectivity index (χ1n) is 6.37. The molecule has 6 heteroatoms. The van der Waals surface area contributed by atoms with Crippen molar-refractivity contribution in [2.24, 2.45) is 5.92 Å². The minimum Gasteiger partial charge on any atom is -0.495 e. The van der Waals surface area contributed by atoms with E-state index in [1.165, 1.54) is 0 Å². The number of hydrogen-bond acceptors (Lipinski definition) is 4. The zero-order valence-corrected chi connectivity index (χ0v) is 13.0. The van der Waals surface area contributed by atoms with Crippen molar-refractivity contribution in [3.8, 4) is 5.75 Å². The molecule has 1 amide bonds. The quantitative estimate of drug-likeness (QED) is 0.789. The maximum absolute atomic E-state index is 12.1. The largest absolute Gasteiger partial charge is 0.495 e. The molecule has 1 saturated heterocycles. The summed E-state index contributed by atoms with van der Waals surface area (Å²) in [4.78, 5) is 25.4. The molecule has 0 saturated carbocycles. The van der Waals surface area contributed by atoms with E-state index in [-0.39, 0.29) is 18.3 Å². The van der Waals surface area contributed by atoms with Gasteiger partial charge in [0.05, 0.1) is 25.3 Å². The highest BCUT2D eigenvalue weighted by molar-refractivity contribution is 9.10. The van der Waals surface area contributed by atoms with Crippen molar-refractivity contribution in [3.05, 3.63) is 22.7 Å². The SMILES string of the molecule is CCOC(=O)[C@@H]1CC(=O)N(c2ccc(Br)cc2OC)C1. The predicted molar refractivity (Wildman–Crippen MR) is 77.8 cm³/mol. The van der Waals surface area contributed by atoms with Crippen molar-refractivity contribution in [3.63, 3.8) is 0 Å². The fourth-order valence-corrected chi connectivity index (χ4v) is 2.57. The summed E-state index contributed by atoms with van der Waals surface area (Å²) in [5.41, 5.74) is 0.674. The van der Waals surface area contributed by atoms with E-state index in [2.05, 4.69) is 15.9 Å². The smallest absolute Gasteiger partial charge is 0.311 e. The van der Waals surface area contributed by atoms with Gasteiger partial charge in [0.1, 0.15) is 5.75 Å². The van der Waals surface area contributed by atoms with Gasteiger partial charge in [0.2, 0.25) is 5.91 Å². The van der Waals surface area contributed by atoms with Gasteiger partial charge in [-0.3, -0.25) is 9.59 Å². The Labute approximate surface area is 126 Å². The van der Waals surface area contributed by atoms with E-state index in [4.69, 9.17) is 9.47 Å². The summed E-state index contributed by atoms with van der Waals surface area (Å²) in [7, 11) is 1.55. The summed E-state index contributed by atoms with van der Waals surface area (Å²) in [5, 5.41) is 0. The third-order valence-electron chi connectivity index (χ3n) is 3.18. The van der Waals surface area contributed by atoms with Crippen LogP contribution in [0.1, 0.15) is 13.3 Å². The van der Waals surface area contributed by atoms with Crippen molar-refractivity contribution in [1.82, 2.24) is 0 Å². The molecule has 2 rings (SSSR count). The number of carbonyl (C=O) groups is 2. The number of halogens is 1. The summed E-state index contributed by atoms with van der Waals surface area (Å²) < 4.78 is 11.1. The standard InChI is InChI=1S/C14H16BrNO4/c1-3-20-14(18)9-6-13(17)16(8-9)11-5-4-10(15)7-12(11)19-2/h4-5,7,9H,3,6,8H2,1-2H3/t9-/m1/s1. The van der Waals surface area contributed by atoms with Gasteiger partial charge < -0.3 is 14.4 Å². The molecule has 1 aliphatic rings. The maximum atomic E-state index is 12.1. The molecular weight excluding hydrogens is 326 g/mol. The third-order valence-corrected chi connectivity index (χ3v) is 3.67. The van der Waals surface area contributed by atoms with E-state index >= 15 is 0 Å². The number of carbonyl (C=O) groups excluding carboxylic acids is 2. The van der Waals surface area contributed by atoms with Gasteiger partial charge >= 0.3 is 5.97 Å². The van der Waals surface area contributed by atoms with E-state index in [9.17, 15) is 9.59 Å². The normalized spacial score (nSPS) is 18.2. The van der Waals surface area contributed by atoms with Crippen LogP contribution in [0.5, 0.6) is 5.75 Å². The van der Waals surface area contributed by atoms with Gasteiger partial charge in [-0.2, -0.15) is 0 Å². The Morgan fingerprint density at radius 2 is 2.25 bits per heavy atom. The van der Waals surface area contributed by atoms with E-state index in [0.29, 0.717) is 24.6 Å². The molecule has 108 valence electrons. The van der Waals surface area contributed by atoms with Crippen LogP contribution in [0.2, 0.25) is 0 Å². The molecule has 0 spiro atoms. The molecule has 1 fully saturated rings. The Hall–Kier alpha value is -1.56. The van der Waals surface area contributed by atoms with E-state index in [1.54, 1.807) is 31.1 Å². The lowest BCUT2D eigenvalue weighted by molar-refractivity contribution is -0.147. The lowest BCUT2D eigenvalue weighted by atomic mass is 10.1. The van der Waals surface area contributed by atoms with Crippen molar-refractivity contribution < 1.29 is 19.1 Å². The van der Waals surface area contributed by atoms with Crippen molar-refractivity contribution in [2.75, 3.05) is 25.2 Å². The minimum atomic E-state index is -0.407. The number of amides is 1. The van der Waals surface area contributed by atoms with E-state index < -0.39 is 5.92 Å². The van der Waals surface area contributed by atoms with Crippen molar-refractivity contribution in [2.45, 2.75) is 13.3 Å². The molecule has 1 aliphatic heterocycles. The van der Waals surface area contributed by atoms with Crippen LogP contribution in [0, 0.1) is 5.92 Å². The maximum Gasteiger partial charge on any atom is 0.311 e. The summed E-state index contributed by atoms with van der Waals surface area (Å²) in [5.74, 6) is -0.226. The van der Waals surface area contributed by atoms with Gasteiger partial charge in [-0.1, -0.05) is 15.9 Å². The van der Waals surface area contributed by atoms with Gasteiger partial charge in [-0.05, 0) is 25.1 Å². The van der Waals surface area contributed by atoms with Crippen LogP contribution in [0.3, 0.4) is 0 Å². The molecule has 0 N–H and O–H groups in total. The number of benzene rings is 1. The Morgan fingerprint density at radius 3 is 2.90 bits per heavy atom. The molecular formula is C14H16BrNO4. The highest BCUT2D eigenvalue weighted by atomic mass is 79.9. The van der Waals surface area contributed by atoms with Crippen LogP contribution in [-0.4, -0.2) is 32.1 Å². The van der Waals surface area contributed by atoms with Gasteiger partial charge in [-0.25, -0.2) is 0 Å². The fraction of sp³-hybridized carbons (Fsp3) is 0.429. The van der Waals surface area contributed by atoms with Gasteiger partial charge in [0.25, 0.3) is 0 Å². The number of methoxy groups -OCH3 is 1. The Balaban J connectivity index is 2.22. The van der Waals surface area contributed by atoms with Crippen LogP contribution < -0.4 is 9.64 Å². The lowest BCUT2D eigenvalue weighted by Crippen LogP contribution is -2.26. The van der Waals surface area contributed by atoms with Gasteiger partial charge in [0, 0.05) is 17.4 Å². The van der Waals surface area contributed by atoms with Crippen molar-refractivity contribution in [1.29, 1.82) is 0 Å². The molecule has 1 heterocycles. The highest BCUT2D eigenvalue weighted by Crippen LogP contribution is 2.35. The fourth-order valence-electron chi connectivity index (χ4n) is 2.23. The first-order chi connectivity index (χ1) is 9.56. The third kappa shape index (κ3) is 2.95. The summed E-state index contributed by atoms with van der Waals surface area (Å²) in [6, 6.07) is 5.43. The number of rotatable bonds is 4. The van der Waals surface area contributed by atoms with Crippen molar-refractivity contribution >= 4 is 33.5 Å². The molecule has 1 atom stereocenters. The Morgan fingerprint density at radius 1 is 1.50 bits per heavy atom. The van der Waals surface area contributed by atoms with Crippen LogP contribution in [0.4, 0.5) is 5.69 Å². The topological polar surface area (TPSA) is 55.8 Å². The second-order valence-corrected chi connectivity index (χ2v) is 5.39. The average molecular weight is 342 g/mol. The van der Waals surface area contributed by atoms with E-state index in [1.807, 2.05) is 6.07 Å². The molecule has 0 radical (unpaired) electrons. The predicted octanol–water partition coefficient (Wildman–Crippen LogP) is 2.37. The monoisotopic (exact) mass is 341 g/mol. The number of ether oxygens (including phenoxy) is 2. The minimum absolute atomic E-state index is 0.0938. The van der Waals surface area contributed by atoms with Crippen LogP contribution in [0.25, 0.3) is 0 Å². The lowest BCUT2D eigenvalue weighted by Gasteiger charge is -2.19. The van der Waals surface area contributed by atoms with Crippen LogP contribution >= 0.6 is 15.9 Å². The summed E-state index contributed by atoms with van der Waals surface area (Å²) >= 11 is 3.36. The van der Waals surface area contributed by atoms with Crippen LogP contribution in [0.15, 0.2) is 22.7 Å². The number of nitrogens with zero attached hydrogens (tertiary/aromatic N) is 1. The highest BCUT2D eigenvalue weighted by Gasteiger charge is 2.37. The molecule has 1 aromatic rings. The molecule has 1 aromatic carbocycles. The Kier molecular flexibility index (Phi) is 4.65. The molecule has 0 aliphatic carbocycles. The summed E-state index contributed by atoms with van der Waals surface area (Å²) in [6.07, 6.45) is 0.179. The van der Waals surface area contributed by atoms with Crippen LogP contribution in [-0.2, 0) is 14.3 Å². The zero-order chi connectivity index (χ0) is 14.7. The Bertz CT molecular complexity index is 532. The van der Waals surface area contributed by atoms with Gasteiger partial charge in [-0.15, -0.1) is 0 Å². The first-order valence-corrected chi connectivity index (χ1v) is 7.16. The van der Waals surface area contributed by atoms with Gasteiger partial charge in [0.15, 0.2) is 0 Å². The molecule has 20 heavy (non-hydrogen) atoms. The van der Waals surface area contributed by atoms with E-state index in [0.717, 1.165) is 4.47 Å². The number of esters is 1. The summed E-state index contributed by atoms with van der Waals surface area (Å²) in [6.45, 7) is 2.41. The average Bonchev–Trinajstić information content (AvgIpc) is 2.81. The second kappa shape index (κ2) is 6.26. The molecule has 0 bridgehead atoms.